The van der Waals surface area contributed by atoms with E-state index in [0.717, 1.165) is 16.8 Å². The Kier molecular flexibility index (Phi) is 7.23. The lowest BCUT2D eigenvalue weighted by Gasteiger charge is -2.24. The summed E-state index contributed by atoms with van der Waals surface area (Å²) in [5, 5.41) is 18.4. The van der Waals surface area contributed by atoms with E-state index in [4.69, 9.17) is 5.11 Å². The molecule has 1 aliphatic rings. The van der Waals surface area contributed by atoms with Gasteiger partial charge in [-0.3, -0.25) is 4.79 Å². The zero-order valence-electron chi connectivity index (χ0n) is 19.8. The molecule has 1 saturated heterocycles. The standard InChI is InChI=1S/C24H21F4N5O5/c1-13-16(22(35)36)8-9-17(20(13)25)33-12-10-19(31-33)30-21(34)18-3-2-11-32(18)23(37)29-14-4-6-15(7-5-14)38-24(26,27)28/h4-10,12,18H,2-3,11H2,1H3,(H,29,37)(H,35,36)(H,30,31,34). The summed E-state index contributed by atoms with van der Waals surface area (Å²) in [5.74, 6) is -2.93. The topological polar surface area (TPSA) is 126 Å². The fraction of sp³-hybridized carbons (Fsp3) is 0.250. The van der Waals surface area contributed by atoms with Crippen molar-refractivity contribution < 1.29 is 41.8 Å². The van der Waals surface area contributed by atoms with Gasteiger partial charge in [0.25, 0.3) is 0 Å². The summed E-state index contributed by atoms with van der Waals surface area (Å²) < 4.78 is 56.6. The van der Waals surface area contributed by atoms with Gasteiger partial charge in [-0.25, -0.2) is 18.7 Å². The maximum Gasteiger partial charge on any atom is 0.573 e. The van der Waals surface area contributed by atoms with Crippen molar-refractivity contribution >= 4 is 29.4 Å². The van der Waals surface area contributed by atoms with Crippen molar-refractivity contribution in [2.75, 3.05) is 17.2 Å². The third kappa shape index (κ3) is 5.85. The Morgan fingerprint density at radius 1 is 1.08 bits per heavy atom. The fourth-order valence-electron chi connectivity index (χ4n) is 4.03. The molecule has 38 heavy (non-hydrogen) atoms. The lowest BCUT2D eigenvalue weighted by atomic mass is 10.1. The minimum absolute atomic E-state index is 0.0125. The summed E-state index contributed by atoms with van der Waals surface area (Å²) in [6.45, 7) is 1.60. The third-order valence-electron chi connectivity index (χ3n) is 5.84. The van der Waals surface area contributed by atoms with E-state index in [0.29, 0.717) is 12.8 Å². The summed E-state index contributed by atoms with van der Waals surface area (Å²) in [4.78, 5) is 38.1. The van der Waals surface area contributed by atoms with Gasteiger partial charge in [-0.2, -0.15) is 0 Å². The molecule has 2 aromatic carbocycles. The number of anilines is 2. The van der Waals surface area contributed by atoms with Crippen LogP contribution in [-0.4, -0.2) is 56.6 Å². The lowest BCUT2D eigenvalue weighted by Crippen LogP contribution is -2.45. The molecule has 1 fully saturated rings. The minimum Gasteiger partial charge on any atom is -0.478 e. The van der Waals surface area contributed by atoms with Gasteiger partial charge in [0.05, 0.1) is 5.56 Å². The Balaban J connectivity index is 1.40. The predicted molar refractivity (Wildman–Crippen MR) is 126 cm³/mol. The van der Waals surface area contributed by atoms with Gasteiger partial charge >= 0.3 is 18.4 Å². The predicted octanol–water partition coefficient (Wildman–Crippen LogP) is 4.55. The Bertz CT molecular complexity index is 1370. The van der Waals surface area contributed by atoms with Crippen molar-refractivity contribution in [3.8, 4) is 11.4 Å². The van der Waals surface area contributed by atoms with Crippen LogP contribution in [0.1, 0.15) is 28.8 Å². The normalized spacial score (nSPS) is 15.3. The number of likely N-dealkylation sites (tertiary alicyclic amines) is 1. The van der Waals surface area contributed by atoms with E-state index in [1.165, 1.54) is 48.4 Å². The number of hydrogen-bond donors (Lipinski definition) is 3. The summed E-state index contributed by atoms with van der Waals surface area (Å²) in [6.07, 6.45) is -2.55. The number of carboxylic acid groups (broad SMARTS) is 1. The highest BCUT2D eigenvalue weighted by molar-refractivity contribution is 5.99. The Morgan fingerprint density at radius 3 is 2.45 bits per heavy atom. The number of carbonyl (C=O) groups excluding carboxylic acids is 2. The van der Waals surface area contributed by atoms with E-state index in [9.17, 15) is 31.9 Å². The van der Waals surface area contributed by atoms with Gasteiger partial charge in [0, 0.05) is 30.1 Å². The van der Waals surface area contributed by atoms with E-state index in [1.54, 1.807) is 0 Å². The number of aromatic carboxylic acids is 1. The van der Waals surface area contributed by atoms with Crippen molar-refractivity contribution in [1.82, 2.24) is 14.7 Å². The molecular weight excluding hydrogens is 514 g/mol. The number of nitrogens with zero attached hydrogens (tertiary/aromatic N) is 3. The number of amides is 3. The number of nitrogens with one attached hydrogen (secondary N) is 2. The molecular formula is C24H21F4N5O5. The molecule has 2 heterocycles. The van der Waals surface area contributed by atoms with Crippen LogP contribution in [0.15, 0.2) is 48.7 Å². The van der Waals surface area contributed by atoms with Crippen molar-refractivity contribution in [2.45, 2.75) is 32.2 Å². The number of ether oxygens (including phenoxy) is 1. The summed E-state index contributed by atoms with van der Waals surface area (Å²) in [5.41, 5.74) is -0.0505. The van der Waals surface area contributed by atoms with Gasteiger partial charge in [0.15, 0.2) is 11.6 Å². The van der Waals surface area contributed by atoms with Gasteiger partial charge in [0.2, 0.25) is 5.91 Å². The molecule has 1 unspecified atom stereocenters. The van der Waals surface area contributed by atoms with Crippen LogP contribution in [0.3, 0.4) is 0 Å². The second-order valence-electron chi connectivity index (χ2n) is 8.36. The van der Waals surface area contributed by atoms with Gasteiger partial charge in [0.1, 0.15) is 17.5 Å². The van der Waals surface area contributed by atoms with Crippen molar-refractivity contribution in [1.29, 1.82) is 0 Å². The number of halogens is 4. The molecule has 3 amide bonds. The lowest BCUT2D eigenvalue weighted by molar-refractivity contribution is -0.274. The molecule has 1 atom stereocenters. The molecule has 14 heteroatoms. The summed E-state index contributed by atoms with van der Waals surface area (Å²) >= 11 is 0. The molecule has 0 spiro atoms. The second kappa shape index (κ2) is 10.4. The number of hydrogen-bond acceptors (Lipinski definition) is 5. The van der Waals surface area contributed by atoms with Crippen LogP contribution in [0.4, 0.5) is 33.9 Å². The van der Waals surface area contributed by atoms with Crippen LogP contribution in [-0.2, 0) is 4.79 Å². The summed E-state index contributed by atoms with van der Waals surface area (Å²) in [6, 6.07) is 7.04. The maximum absolute atomic E-state index is 14.7. The molecule has 0 bridgehead atoms. The van der Waals surface area contributed by atoms with Crippen LogP contribution in [0.5, 0.6) is 5.75 Å². The van der Waals surface area contributed by atoms with Crippen molar-refractivity contribution in [3.05, 3.63) is 65.6 Å². The molecule has 4 rings (SSSR count). The van der Waals surface area contributed by atoms with Crippen LogP contribution >= 0.6 is 0 Å². The Morgan fingerprint density at radius 2 is 1.79 bits per heavy atom. The number of alkyl halides is 3. The van der Waals surface area contributed by atoms with Crippen molar-refractivity contribution in [3.63, 3.8) is 0 Å². The average Bonchev–Trinajstić information content (AvgIpc) is 3.51. The van der Waals surface area contributed by atoms with Crippen LogP contribution in [0.2, 0.25) is 0 Å². The smallest absolute Gasteiger partial charge is 0.478 e. The first kappa shape index (κ1) is 26.4. The minimum atomic E-state index is -4.84. The average molecular weight is 535 g/mol. The molecule has 1 aromatic heterocycles. The third-order valence-corrected chi connectivity index (χ3v) is 5.84. The molecule has 0 aliphatic carbocycles. The van der Waals surface area contributed by atoms with Gasteiger partial charge < -0.3 is 25.4 Å². The molecule has 3 aromatic rings. The fourth-order valence-corrected chi connectivity index (χ4v) is 4.03. The van der Waals surface area contributed by atoms with Crippen molar-refractivity contribution in [2.24, 2.45) is 0 Å². The monoisotopic (exact) mass is 535 g/mol. The number of rotatable bonds is 6. The highest BCUT2D eigenvalue weighted by Crippen LogP contribution is 2.26. The van der Waals surface area contributed by atoms with Crippen LogP contribution < -0.4 is 15.4 Å². The zero-order chi connectivity index (χ0) is 27.6. The largest absolute Gasteiger partial charge is 0.573 e. The number of carboxylic acids is 1. The molecule has 200 valence electrons. The first-order chi connectivity index (χ1) is 17.9. The molecule has 1 aliphatic heterocycles. The first-order valence-corrected chi connectivity index (χ1v) is 11.3. The van der Waals surface area contributed by atoms with E-state index in [-0.39, 0.29) is 34.9 Å². The number of benzene rings is 2. The SMILES string of the molecule is Cc1c(C(=O)O)ccc(-n2ccc(NC(=O)C3CCCN3C(=O)Nc3ccc(OC(F)(F)F)cc3)n2)c1F. The summed E-state index contributed by atoms with van der Waals surface area (Å²) in [7, 11) is 0. The molecule has 0 saturated carbocycles. The quantitative estimate of drug-likeness (QED) is 0.398. The van der Waals surface area contributed by atoms with E-state index in [1.807, 2.05) is 0 Å². The van der Waals surface area contributed by atoms with E-state index >= 15 is 0 Å². The number of carbonyl (C=O) groups is 3. The zero-order valence-corrected chi connectivity index (χ0v) is 19.8. The molecule has 3 N–H and O–H groups in total. The Labute approximate surface area is 212 Å². The highest BCUT2D eigenvalue weighted by atomic mass is 19.4. The molecule has 10 nitrogen and oxygen atoms in total. The number of aromatic nitrogens is 2. The van der Waals surface area contributed by atoms with Crippen LogP contribution in [0, 0.1) is 12.7 Å². The van der Waals surface area contributed by atoms with Gasteiger partial charge in [-0.05, 0) is 56.2 Å². The first-order valence-electron chi connectivity index (χ1n) is 11.3. The van der Waals surface area contributed by atoms with Gasteiger partial charge in [-0.1, -0.05) is 0 Å². The van der Waals surface area contributed by atoms with Crippen LogP contribution in [0.25, 0.3) is 5.69 Å². The second-order valence-corrected chi connectivity index (χ2v) is 8.36. The molecule has 0 radical (unpaired) electrons. The number of urea groups is 1. The maximum atomic E-state index is 14.7. The van der Waals surface area contributed by atoms with E-state index in [2.05, 4.69) is 20.5 Å². The van der Waals surface area contributed by atoms with E-state index < -0.39 is 41.9 Å². The Hall–Kier alpha value is -4.62. The van der Waals surface area contributed by atoms with Gasteiger partial charge in [-0.15, -0.1) is 18.3 Å². The highest BCUT2D eigenvalue weighted by Gasteiger charge is 2.35.